The number of aliphatic hydroxyl groups excluding tert-OH is 1. The molecule has 0 aliphatic heterocycles. The molecule has 1 unspecified atom stereocenters. The van der Waals surface area contributed by atoms with Gasteiger partial charge in [-0.15, -0.1) is 0 Å². The minimum Gasteiger partial charge on any atom is -0.393 e. The lowest BCUT2D eigenvalue weighted by molar-refractivity contribution is 0.101. The highest BCUT2D eigenvalue weighted by molar-refractivity contribution is 5.93. The largest absolute Gasteiger partial charge is 0.393 e. The van der Waals surface area contributed by atoms with Crippen molar-refractivity contribution in [2.45, 2.75) is 32.9 Å². The summed E-state index contributed by atoms with van der Waals surface area (Å²) in [6.07, 6.45) is 1.10. The van der Waals surface area contributed by atoms with E-state index in [4.69, 9.17) is 5.11 Å². The number of nitrogens with zero attached hydrogens (tertiary/aromatic N) is 2. The third-order valence-corrected chi connectivity index (χ3v) is 2.52. The van der Waals surface area contributed by atoms with Crippen LogP contribution in [0.1, 0.15) is 30.6 Å². The molecule has 1 heterocycles. The second kappa shape index (κ2) is 5.09. The normalized spacial score (nSPS) is 12.5. The van der Waals surface area contributed by atoms with Gasteiger partial charge in [0.05, 0.1) is 11.7 Å². The summed E-state index contributed by atoms with van der Waals surface area (Å²) in [5.74, 6) is -0.378. The molecule has 0 radical (unpaired) electrons. The zero-order valence-corrected chi connectivity index (χ0v) is 10.1. The van der Waals surface area contributed by atoms with Crippen LogP contribution in [0.3, 0.4) is 0 Å². The van der Waals surface area contributed by atoms with Crippen LogP contribution in [0.2, 0.25) is 0 Å². The Morgan fingerprint density at radius 2 is 2.06 bits per heavy atom. The van der Waals surface area contributed by atoms with Crippen molar-refractivity contribution in [3.05, 3.63) is 32.6 Å². The Balaban J connectivity index is 3.28. The average Bonchev–Trinajstić information content (AvgIpc) is 2.24. The molecule has 1 aromatic heterocycles. The second-order valence-corrected chi connectivity index (χ2v) is 4.08. The molecule has 1 rings (SSSR count). The maximum Gasteiger partial charge on any atom is 0.330 e. The van der Waals surface area contributed by atoms with E-state index in [2.05, 4.69) is 0 Å². The molecule has 0 spiro atoms. The molecule has 0 amide bonds. The van der Waals surface area contributed by atoms with E-state index < -0.39 is 17.4 Å². The number of carbonyl (C=O) groups excluding carboxylic acids is 1. The molecule has 1 atom stereocenters. The predicted molar refractivity (Wildman–Crippen MR) is 62.2 cm³/mol. The fourth-order valence-corrected chi connectivity index (χ4v) is 1.45. The molecule has 0 fully saturated rings. The van der Waals surface area contributed by atoms with Gasteiger partial charge in [-0.2, -0.15) is 0 Å². The Morgan fingerprint density at radius 3 is 2.53 bits per heavy atom. The maximum atomic E-state index is 11.7. The molecule has 6 heteroatoms. The van der Waals surface area contributed by atoms with Crippen LogP contribution in [0, 0.1) is 0 Å². The van der Waals surface area contributed by atoms with Crippen molar-refractivity contribution in [2.24, 2.45) is 7.05 Å². The summed E-state index contributed by atoms with van der Waals surface area (Å²) in [7, 11) is 1.33. The summed E-state index contributed by atoms with van der Waals surface area (Å²) in [5, 5.41) is 9.16. The molecule has 1 aromatic rings. The number of hydrogen-bond acceptors (Lipinski definition) is 4. The molecule has 0 aliphatic rings. The van der Waals surface area contributed by atoms with Crippen LogP contribution in [0.4, 0.5) is 0 Å². The van der Waals surface area contributed by atoms with Crippen LogP contribution in [-0.2, 0) is 13.6 Å². The highest BCUT2D eigenvalue weighted by Crippen LogP contribution is 1.95. The van der Waals surface area contributed by atoms with Crippen LogP contribution in [0.5, 0.6) is 0 Å². The Labute approximate surface area is 98.1 Å². The molecule has 94 valence electrons. The minimum atomic E-state index is -0.587. The quantitative estimate of drug-likeness (QED) is 0.721. The van der Waals surface area contributed by atoms with Crippen LogP contribution in [0.25, 0.3) is 0 Å². The van der Waals surface area contributed by atoms with Gasteiger partial charge in [0.1, 0.15) is 0 Å². The standard InChI is InChI=1S/C11H16N2O4/c1-7(14)4-5-13-6-9(8(2)15)10(16)12(3)11(13)17/h6-7,14H,4-5H2,1-3H3. The first-order valence-electron chi connectivity index (χ1n) is 5.34. The number of rotatable bonds is 4. The topological polar surface area (TPSA) is 81.3 Å². The fourth-order valence-electron chi connectivity index (χ4n) is 1.45. The minimum absolute atomic E-state index is 0.0160. The number of Topliss-reactive ketones (excluding diaryl/α,β-unsaturated/α-hetero) is 1. The van der Waals surface area contributed by atoms with Crippen molar-refractivity contribution >= 4 is 5.78 Å². The first kappa shape index (κ1) is 13.4. The second-order valence-electron chi connectivity index (χ2n) is 4.08. The summed E-state index contributed by atoms with van der Waals surface area (Å²) >= 11 is 0. The van der Waals surface area contributed by atoms with E-state index in [9.17, 15) is 14.4 Å². The number of aryl methyl sites for hydroxylation is 1. The van der Waals surface area contributed by atoms with E-state index in [1.54, 1.807) is 6.92 Å². The summed E-state index contributed by atoms with van der Waals surface area (Å²) in [4.78, 5) is 34.6. The van der Waals surface area contributed by atoms with Crippen molar-refractivity contribution in [3.63, 3.8) is 0 Å². The average molecular weight is 240 g/mol. The monoisotopic (exact) mass is 240 g/mol. The van der Waals surface area contributed by atoms with Crippen LogP contribution < -0.4 is 11.2 Å². The molecule has 0 aromatic carbocycles. The van der Waals surface area contributed by atoms with Crippen molar-refractivity contribution in [2.75, 3.05) is 0 Å². The van der Waals surface area contributed by atoms with Crippen LogP contribution in [0.15, 0.2) is 15.8 Å². The summed E-state index contributed by atoms with van der Waals surface area (Å²) in [6.45, 7) is 3.16. The lowest BCUT2D eigenvalue weighted by atomic mass is 10.2. The van der Waals surface area contributed by atoms with Gasteiger partial charge in [-0.25, -0.2) is 4.79 Å². The van der Waals surface area contributed by atoms with Gasteiger partial charge in [0.2, 0.25) is 0 Å². The van der Waals surface area contributed by atoms with E-state index in [-0.39, 0.29) is 17.9 Å². The van der Waals surface area contributed by atoms with E-state index in [0.717, 1.165) is 4.57 Å². The molecule has 1 N–H and O–H groups in total. The number of carbonyl (C=O) groups is 1. The Hall–Kier alpha value is -1.69. The molecular formula is C11H16N2O4. The van der Waals surface area contributed by atoms with Crippen LogP contribution >= 0.6 is 0 Å². The van der Waals surface area contributed by atoms with Gasteiger partial charge in [0, 0.05) is 19.8 Å². The zero-order valence-electron chi connectivity index (χ0n) is 10.1. The maximum absolute atomic E-state index is 11.7. The van der Waals surface area contributed by atoms with Crippen molar-refractivity contribution < 1.29 is 9.90 Å². The third-order valence-electron chi connectivity index (χ3n) is 2.52. The van der Waals surface area contributed by atoms with Gasteiger partial charge in [0.25, 0.3) is 5.56 Å². The summed E-state index contributed by atoms with van der Waals surface area (Å²) < 4.78 is 2.17. The predicted octanol–water partition coefficient (Wildman–Crippen LogP) is -0.480. The Bertz CT molecular complexity index is 539. The lowest BCUT2D eigenvalue weighted by Gasteiger charge is -2.10. The Morgan fingerprint density at radius 1 is 1.47 bits per heavy atom. The smallest absolute Gasteiger partial charge is 0.330 e. The molecule has 0 saturated heterocycles. The van der Waals surface area contributed by atoms with Crippen LogP contribution in [-0.4, -0.2) is 26.1 Å². The third kappa shape index (κ3) is 2.91. The summed E-state index contributed by atoms with van der Waals surface area (Å²) in [5.41, 5.74) is -1.09. The van der Waals surface area contributed by atoms with Gasteiger partial charge in [-0.3, -0.25) is 18.7 Å². The first-order valence-corrected chi connectivity index (χ1v) is 5.34. The van der Waals surface area contributed by atoms with E-state index in [1.807, 2.05) is 0 Å². The number of aromatic nitrogens is 2. The molecule has 17 heavy (non-hydrogen) atoms. The molecule has 0 aliphatic carbocycles. The van der Waals surface area contributed by atoms with Crippen molar-refractivity contribution in [1.29, 1.82) is 0 Å². The van der Waals surface area contributed by atoms with Gasteiger partial charge >= 0.3 is 5.69 Å². The van der Waals surface area contributed by atoms with Gasteiger partial charge in [0.15, 0.2) is 5.78 Å². The van der Waals surface area contributed by atoms with E-state index in [1.165, 1.54) is 24.7 Å². The molecular weight excluding hydrogens is 224 g/mol. The van der Waals surface area contributed by atoms with Gasteiger partial charge in [-0.1, -0.05) is 0 Å². The first-order chi connectivity index (χ1) is 7.84. The fraction of sp³-hybridized carbons (Fsp3) is 0.545. The van der Waals surface area contributed by atoms with Gasteiger partial charge < -0.3 is 5.11 Å². The highest BCUT2D eigenvalue weighted by atomic mass is 16.3. The lowest BCUT2D eigenvalue weighted by Crippen LogP contribution is -2.40. The number of ketones is 1. The SMILES string of the molecule is CC(=O)c1cn(CCC(C)O)c(=O)n(C)c1=O. The number of aliphatic hydroxyl groups is 1. The molecule has 0 saturated carbocycles. The molecule has 0 bridgehead atoms. The number of hydrogen-bond donors (Lipinski definition) is 1. The van der Waals surface area contributed by atoms with E-state index in [0.29, 0.717) is 6.42 Å². The van der Waals surface area contributed by atoms with E-state index >= 15 is 0 Å². The Kier molecular flexibility index (Phi) is 4.01. The van der Waals surface area contributed by atoms with Crippen molar-refractivity contribution in [1.82, 2.24) is 9.13 Å². The molecule has 6 nitrogen and oxygen atoms in total. The highest BCUT2D eigenvalue weighted by Gasteiger charge is 2.12. The van der Waals surface area contributed by atoms with Crippen molar-refractivity contribution in [3.8, 4) is 0 Å². The van der Waals surface area contributed by atoms with Gasteiger partial charge in [-0.05, 0) is 20.3 Å². The zero-order chi connectivity index (χ0) is 13.2. The summed E-state index contributed by atoms with van der Waals surface area (Å²) in [6, 6.07) is 0.